The molecule has 0 radical (unpaired) electrons. The summed E-state index contributed by atoms with van der Waals surface area (Å²) in [6.45, 7) is 7.51. The van der Waals surface area contributed by atoms with Gasteiger partial charge in [0.15, 0.2) is 0 Å². The number of carbonyl (C=O) groups is 2. The number of rotatable bonds is 7. The van der Waals surface area contributed by atoms with E-state index in [1.54, 1.807) is 0 Å². The minimum Gasteiger partial charge on any atom is -0.473 e. The van der Waals surface area contributed by atoms with Gasteiger partial charge in [-0.05, 0) is 49.4 Å². The monoisotopic (exact) mass is 437 g/mol. The summed E-state index contributed by atoms with van der Waals surface area (Å²) in [5.74, 6) is 5.74. The van der Waals surface area contributed by atoms with E-state index in [4.69, 9.17) is 19.8 Å². The van der Waals surface area contributed by atoms with Crippen molar-refractivity contribution in [2.45, 2.75) is 43.6 Å². The van der Waals surface area contributed by atoms with Crippen molar-refractivity contribution in [2.24, 2.45) is 0 Å². The Morgan fingerprint density at radius 3 is 2.14 bits per heavy atom. The first-order chi connectivity index (χ1) is 13.9. The van der Waals surface area contributed by atoms with Crippen molar-refractivity contribution in [3.05, 3.63) is 35.9 Å². The van der Waals surface area contributed by atoms with Crippen LogP contribution in [0.5, 0.6) is 0 Å². The van der Waals surface area contributed by atoms with Crippen LogP contribution in [0.25, 0.3) is 0 Å². The Morgan fingerprint density at radius 1 is 1.03 bits per heavy atom. The van der Waals surface area contributed by atoms with Crippen LogP contribution in [0.15, 0.2) is 30.3 Å². The molecule has 2 rings (SSSR count). The molecule has 0 bridgehead atoms. The number of benzene rings is 1. The lowest BCUT2D eigenvalue weighted by molar-refractivity contribution is -0.159. The molecule has 5 nitrogen and oxygen atoms in total. The van der Waals surface area contributed by atoms with E-state index in [2.05, 4.69) is 84.4 Å². The Labute approximate surface area is 182 Å². The maximum atomic E-state index is 9.10. The maximum Gasteiger partial charge on any atom is 0.414 e. The molecule has 160 valence electrons. The van der Waals surface area contributed by atoms with Gasteiger partial charge in [-0.3, -0.25) is 4.90 Å². The zero-order chi connectivity index (χ0) is 21.5. The second-order valence-electron chi connectivity index (χ2n) is 6.55. The Morgan fingerprint density at radius 2 is 1.62 bits per heavy atom. The molecule has 0 aromatic heterocycles. The van der Waals surface area contributed by atoms with E-state index in [0.29, 0.717) is 4.08 Å². The number of nitrogens with zero attached hydrogens (tertiary/aromatic N) is 1. The third-order valence-electron chi connectivity index (χ3n) is 4.47. The van der Waals surface area contributed by atoms with Crippen molar-refractivity contribution < 1.29 is 19.8 Å². The summed E-state index contributed by atoms with van der Waals surface area (Å²) >= 11 is 4.33. The van der Waals surface area contributed by atoms with Gasteiger partial charge in [-0.15, -0.1) is 29.4 Å². The fraction of sp³-hybridized carbons (Fsp3) is 0.545. The smallest absolute Gasteiger partial charge is 0.414 e. The van der Waals surface area contributed by atoms with Gasteiger partial charge in [-0.1, -0.05) is 50.1 Å². The molecule has 1 aromatic rings. The number of carboxylic acid groups (broad SMARTS) is 2. The van der Waals surface area contributed by atoms with Crippen molar-refractivity contribution in [2.75, 3.05) is 31.1 Å². The molecular formula is C22H31NO4S2. The van der Waals surface area contributed by atoms with Gasteiger partial charge >= 0.3 is 11.9 Å². The minimum atomic E-state index is -1.82. The lowest BCUT2D eigenvalue weighted by Gasteiger charge is -2.36. The fourth-order valence-corrected chi connectivity index (χ4v) is 6.18. The third kappa shape index (κ3) is 10.6. The summed E-state index contributed by atoms with van der Waals surface area (Å²) in [4.78, 5) is 20.6. The van der Waals surface area contributed by atoms with Crippen LogP contribution in [0.4, 0.5) is 0 Å². The van der Waals surface area contributed by atoms with Crippen LogP contribution in [0.2, 0.25) is 0 Å². The Kier molecular flexibility index (Phi) is 12.6. The van der Waals surface area contributed by atoms with E-state index in [-0.39, 0.29) is 0 Å². The standard InChI is InChI=1S/C20H29NS2.C2H2O4/c1-3-21(4-2)15-10-6-9-14-20(22-16-11-17-23-20)18-19-12-7-5-8-13-19;3-1(4)2(5)6/h5,7-8,12-13H,3-4,9,11,14-18H2,1-2H3;(H,3,4)(H,5,6). The molecule has 1 saturated heterocycles. The Balaban J connectivity index is 0.000000612. The molecule has 0 unspecified atom stereocenters. The van der Waals surface area contributed by atoms with Gasteiger partial charge in [0.25, 0.3) is 0 Å². The van der Waals surface area contributed by atoms with Crippen LogP contribution in [0.3, 0.4) is 0 Å². The normalized spacial score (nSPS) is 14.9. The molecular weight excluding hydrogens is 406 g/mol. The van der Waals surface area contributed by atoms with Crippen LogP contribution in [-0.4, -0.2) is 62.3 Å². The highest BCUT2D eigenvalue weighted by Gasteiger charge is 2.33. The molecule has 1 aromatic carbocycles. The number of hydrogen-bond donors (Lipinski definition) is 2. The predicted molar refractivity (Wildman–Crippen MR) is 122 cm³/mol. The summed E-state index contributed by atoms with van der Waals surface area (Å²) in [7, 11) is 0. The molecule has 0 aliphatic carbocycles. The summed E-state index contributed by atoms with van der Waals surface area (Å²) in [5.41, 5.74) is 1.46. The number of thioether (sulfide) groups is 2. The topological polar surface area (TPSA) is 77.8 Å². The molecule has 0 spiro atoms. The number of carboxylic acids is 2. The quantitative estimate of drug-likeness (QED) is 0.492. The van der Waals surface area contributed by atoms with E-state index >= 15 is 0 Å². The summed E-state index contributed by atoms with van der Waals surface area (Å²) in [6.07, 6.45) is 4.73. The van der Waals surface area contributed by atoms with Crippen LogP contribution in [-0.2, 0) is 16.0 Å². The van der Waals surface area contributed by atoms with E-state index < -0.39 is 11.9 Å². The molecule has 7 heteroatoms. The van der Waals surface area contributed by atoms with Crippen molar-refractivity contribution in [3.63, 3.8) is 0 Å². The highest BCUT2D eigenvalue weighted by Crippen LogP contribution is 2.47. The molecule has 1 aliphatic heterocycles. The van der Waals surface area contributed by atoms with Gasteiger partial charge in [0, 0.05) is 6.42 Å². The second-order valence-corrected chi connectivity index (χ2v) is 9.76. The molecule has 2 N–H and O–H groups in total. The molecule has 1 fully saturated rings. The van der Waals surface area contributed by atoms with Gasteiger partial charge in [0.2, 0.25) is 0 Å². The van der Waals surface area contributed by atoms with E-state index in [1.165, 1.54) is 36.3 Å². The van der Waals surface area contributed by atoms with Gasteiger partial charge in [0.05, 0.1) is 10.6 Å². The van der Waals surface area contributed by atoms with Crippen LogP contribution in [0, 0.1) is 11.8 Å². The molecule has 0 saturated carbocycles. The van der Waals surface area contributed by atoms with Crippen LogP contribution >= 0.6 is 23.5 Å². The second kappa shape index (κ2) is 14.4. The average molecular weight is 438 g/mol. The third-order valence-corrected chi connectivity index (χ3v) is 7.91. The lowest BCUT2D eigenvalue weighted by atomic mass is 10.1. The highest BCUT2D eigenvalue weighted by atomic mass is 32.2. The molecule has 29 heavy (non-hydrogen) atoms. The van der Waals surface area contributed by atoms with Gasteiger partial charge in [0.1, 0.15) is 0 Å². The largest absolute Gasteiger partial charge is 0.473 e. The maximum absolute atomic E-state index is 9.10. The predicted octanol–water partition coefficient (Wildman–Crippen LogP) is 4.08. The Hall–Kier alpha value is -1.62. The SMILES string of the molecule is CCN(CC)CC#CCCC1(Cc2ccccc2)SCCCS1.O=C(O)C(=O)O. The highest BCUT2D eigenvalue weighted by molar-refractivity contribution is 8.18. The molecule has 0 atom stereocenters. The summed E-state index contributed by atoms with van der Waals surface area (Å²) < 4.78 is 0.337. The van der Waals surface area contributed by atoms with E-state index in [0.717, 1.165) is 26.1 Å². The molecule has 1 heterocycles. The van der Waals surface area contributed by atoms with Gasteiger partial charge in [-0.2, -0.15) is 0 Å². The first-order valence-electron chi connectivity index (χ1n) is 9.88. The van der Waals surface area contributed by atoms with Gasteiger partial charge in [-0.25, -0.2) is 9.59 Å². The summed E-state index contributed by atoms with van der Waals surface area (Å²) in [5, 5.41) is 14.8. The summed E-state index contributed by atoms with van der Waals surface area (Å²) in [6, 6.07) is 11.0. The zero-order valence-electron chi connectivity index (χ0n) is 17.2. The molecule has 1 aliphatic rings. The first kappa shape index (κ1) is 25.4. The average Bonchev–Trinajstić information content (AvgIpc) is 2.72. The number of hydrogen-bond acceptors (Lipinski definition) is 5. The minimum absolute atomic E-state index is 0.337. The Bertz CT molecular complexity index is 663. The van der Waals surface area contributed by atoms with E-state index in [1.807, 2.05) is 0 Å². The van der Waals surface area contributed by atoms with Crippen molar-refractivity contribution in [1.29, 1.82) is 0 Å². The fourth-order valence-electron chi connectivity index (χ4n) is 2.81. The molecule has 0 amide bonds. The lowest BCUT2D eigenvalue weighted by Crippen LogP contribution is -2.28. The first-order valence-corrected chi connectivity index (χ1v) is 11.9. The zero-order valence-corrected chi connectivity index (χ0v) is 18.9. The van der Waals surface area contributed by atoms with Crippen LogP contribution in [0.1, 0.15) is 38.7 Å². The van der Waals surface area contributed by atoms with Crippen molar-refractivity contribution in [3.8, 4) is 11.8 Å². The van der Waals surface area contributed by atoms with Crippen LogP contribution < -0.4 is 0 Å². The number of aliphatic carboxylic acids is 2. The van der Waals surface area contributed by atoms with Gasteiger partial charge < -0.3 is 10.2 Å². The van der Waals surface area contributed by atoms with Crippen molar-refractivity contribution in [1.82, 2.24) is 4.90 Å². The van der Waals surface area contributed by atoms with Crippen molar-refractivity contribution >= 4 is 35.5 Å². The van der Waals surface area contributed by atoms with E-state index in [9.17, 15) is 0 Å².